The number of hydrogen-bond donors (Lipinski definition) is 0. The number of fused-ring (bicyclic) bond motifs is 1. The van der Waals surface area contributed by atoms with Gasteiger partial charge in [-0.25, -0.2) is 9.97 Å². The van der Waals surface area contributed by atoms with E-state index in [0.717, 1.165) is 66.7 Å². The van der Waals surface area contributed by atoms with Crippen LogP contribution in [0.25, 0.3) is 22.4 Å². The lowest BCUT2D eigenvalue weighted by atomic mass is 10.1. The summed E-state index contributed by atoms with van der Waals surface area (Å²) in [4.78, 5) is 30.4. The molecule has 0 amide bonds. The zero-order valence-electron chi connectivity index (χ0n) is 17.6. The monoisotopic (exact) mass is 436 g/mol. The van der Waals surface area contributed by atoms with E-state index in [1.807, 2.05) is 31.3 Å². The van der Waals surface area contributed by atoms with Crippen LogP contribution in [-0.4, -0.2) is 63.8 Å². The van der Waals surface area contributed by atoms with Gasteiger partial charge in [-0.15, -0.1) is 0 Å². The molecule has 7 nitrogen and oxygen atoms in total. The van der Waals surface area contributed by atoms with E-state index in [2.05, 4.69) is 30.4 Å². The maximum Gasteiger partial charge on any atom is 0.142 e. The molecule has 0 radical (unpaired) electrons. The summed E-state index contributed by atoms with van der Waals surface area (Å²) >= 11 is 6.55. The van der Waals surface area contributed by atoms with Gasteiger partial charge in [-0.05, 0) is 24.6 Å². The number of Topliss-reactive ketones (excluding diaryl/α,β-unsaturated/α-hetero) is 1. The van der Waals surface area contributed by atoms with Gasteiger partial charge in [0.15, 0.2) is 0 Å². The highest BCUT2D eigenvalue weighted by atomic mass is 35.5. The van der Waals surface area contributed by atoms with Crippen LogP contribution in [0.4, 0.5) is 5.82 Å². The van der Waals surface area contributed by atoms with Crippen molar-refractivity contribution in [3.63, 3.8) is 0 Å². The fourth-order valence-electron chi connectivity index (χ4n) is 4.41. The Kier molecular flexibility index (Phi) is 5.36. The quantitative estimate of drug-likeness (QED) is 0.614. The number of aryl methyl sites for hydroxylation is 1. The number of carbonyl (C=O) groups is 1. The van der Waals surface area contributed by atoms with Gasteiger partial charge in [0.2, 0.25) is 0 Å². The summed E-state index contributed by atoms with van der Waals surface area (Å²) in [6.07, 6.45) is 3.75. The number of nitrogens with zero attached hydrogens (tertiary/aromatic N) is 6. The van der Waals surface area contributed by atoms with Crippen LogP contribution in [0.5, 0.6) is 0 Å². The summed E-state index contributed by atoms with van der Waals surface area (Å²) in [7, 11) is 2.01. The van der Waals surface area contributed by atoms with Crippen molar-refractivity contribution in [3.8, 4) is 11.4 Å². The minimum absolute atomic E-state index is 0.289. The van der Waals surface area contributed by atoms with Crippen LogP contribution in [-0.2, 0) is 11.8 Å². The van der Waals surface area contributed by atoms with Crippen molar-refractivity contribution in [1.29, 1.82) is 0 Å². The molecule has 2 aliphatic heterocycles. The number of pyridine rings is 1. The van der Waals surface area contributed by atoms with Crippen LogP contribution in [0.15, 0.2) is 41.5 Å². The Balaban J connectivity index is 1.40. The number of ketones is 1. The Morgan fingerprint density at radius 1 is 1.06 bits per heavy atom. The lowest BCUT2D eigenvalue weighted by Gasteiger charge is -2.27. The Morgan fingerprint density at radius 2 is 1.87 bits per heavy atom. The van der Waals surface area contributed by atoms with E-state index < -0.39 is 0 Å². The molecular weight excluding hydrogens is 412 g/mol. The van der Waals surface area contributed by atoms with Crippen LogP contribution in [0.1, 0.15) is 19.3 Å². The molecule has 8 heteroatoms. The summed E-state index contributed by atoms with van der Waals surface area (Å²) in [5.41, 5.74) is 2.90. The summed E-state index contributed by atoms with van der Waals surface area (Å²) in [5.74, 6) is 2.97. The van der Waals surface area contributed by atoms with Gasteiger partial charge in [0.1, 0.15) is 23.3 Å². The molecule has 5 rings (SSSR count). The highest BCUT2D eigenvalue weighted by Gasteiger charge is 2.23. The van der Waals surface area contributed by atoms with Gasteiger partial charge in [-0.3, -0.25) is 9.79 Å². The molecule has 2 aromatic heterocycles. The van der Waals surface area contributed by atoms with Gasteiger partial charge < -0.3 is 14.4 Å². The molecule has 31 heavy (non-hydrogen) atoms. The molecule has 4 heterocycles. The number of carbonyl (C=O) groups excluding carboxylic acids is 1. The topological polar surface area (TPSA) is 66.6 Å². The minimum Gasteiger partial charge on any atom is -0.358 e. The van der Waals surface area contributed by atoms with Gasteiger partial charge >= 0.3 is 0 Å². The summed E-state index contributed by atoms with van der Waals surface area (Å²) in [6, 6.07) is 10.1. The molecular formula is C23H25ClN6O. The SMILES string of the molecule is Cn1c(-c2cc(N3CCCN(C4=NCCC(=O)C4)CC3)ncc2Cl)nc2ccccc21. The number of aromatic nitrogens is 3. The maximum absolute atomic E-state index is 11.8. The van der Waals surface area contributed by atoms with Crippen molar-refractivity contribution in [1.82, 2.24) is 19.4 Å². The average Bonchev–Trinajstić information content (AvgIpc) is 2.95. The molecule has 1 aromatic carbocycles. The van der Waals surface area contributed by atoms with E-state index in [1.54, 1.807) is 6.20 Å². The van der Waals surface area contributed by atoms with E-state index in [4.69, 9.17) is 16.6 Å². The number of imidazole rings is 1. The first-order valence-electron chi connectivity index (χ1n) is 10.7. The predicted molar refractivity (Wildman–Crippen MR) is 124 cm³/mol. The van der Waals surface area contributed by atoms with Crippen molar-refractivity contribution in [2.24, 2.45) is 12.0 Å². The molecule has 0 saturated carbocycles. The fourth-order valence-corrected chi connectivity index (χ4v) is 4.59. The first-order chi connectivity index (χ1) is 15.1. The number of benzene rings is 1. The summed E-state index contributed by atoms with van der Waals surface area (Å²) < 4.78 is 2.07. The molecule has 160 valence electrons. The number of aliphatic imine (C=N–C) groups is 1. The van der Waals surface area contributed by atoms with E-state index in [9.17, 15) is 4.79 Å². The van der Waals surface area contributed by atoms with Gasteiger partial charge in [-0.2, -0.15) is 0 Å². The van der Waals surface area contributed by atoms with Gasteiger partial charge in [-0.1, -0.05) is 23.7 Å². The van der Waals surface area contributed by atoms with Gasteiger partial charge in [0.25, 0.3) is 0 Å². The number of para-hydroxylation sites is 2. The lowest BCUT2D eigenvalue weighted by molar-refractivity contribution is -0.118. The van der Waals surface area contributed by atoms with Crippen LogP contribution in [0.3, 0.4) is 0 Å². The third kappa shape index (κ3) is 3.90. The molecule has 0 aliphatic carbocycles. The number of halogens is 1. The van der Waals surface area contributed by atoms with E-state index in [1.165, 1.54) is 0 Å². The zero-order chi connectivity index (χ0) is 21.4. The molecule has 0 unspecified atom stereocenters. The number of hydrogen-bond acceptors (Lipinski definition) is 6. The second kappa shape index (κ2) is 8.30. The molecule has 0 atom stereocenters. The van der Waals surface area contributed by atoms with E-state index in [-0.39, 0.29) is 5.78 Å². The molecule has 1 fully saturated rings. The third-order valence-electron chi connectivity index (χ3n) is 6.09. The van der Waals surface area contributed by atoms with Crippen LogP contribution >= 0.6 is 11.6 Å². The molecule has 0 spiro atoms. The van der Waals surface area contributed by atoms with E-state index >= 15 is 0 Å². The van der Waals surface area contributed by atoms with Crippen LogP contribution < -0.4 is 4.90 Å². The molecule has 0 bridgehead atoms. The molecule has 0 N–H and O–H groups in total. The standard InChI is InChI=1S/C23H25ClN6O/c1-28-20-6-3-2-5-19(20)27-23(28)17-14-22(26-15-18(17)24)30-10-4-9-29(11-12-30)21-13-16(31)7-8-25-21/h2-3,5-6,14-15H,4,7-13H2,1H3. The van der Waals surface area contributed by atoms with Crippen molar-refractivity contribution in [2.45, 2.75) is 19.3 Å². The van der Waals surface area contributed by atoms with Gasteiger partial charge in [0.05, 0.1) is 22.5 Å². The zero-order valence-corrected chi connectivity index (χ0v) is 18.3. The number of rotatable bonds is 2. The van der Waals surface area contributed by atoms with E-state index in [0.29, 0.717) is 24.4 Å². The van der Waals surface area contributed by atoms with Crippen LogP contribution in [0.2, 0.25) is 5.02 Å². The molecule has 1 saturated heterocycles. The first kappa shape index (κ1) is 20.0. The second-order valence-corrected chi connectivity index (χ2v) is 8.50. The number of anilines is 1. The highest BCUT2D eigenvalue weighted by Crippen LogP contribution is 2.32. The summed E-state index contributed by atoms with van der Waals surface area (Å²) in [5, 5.41) is 0.591. The Morgan fingerprint density at radius 3 is 2.71 bits per heavy atom. The predicted octanol–water partition coefficient (Wildman–Crippen LogP) is 3.56. The number of amidine groups is 1. The Hall–Kier alpha value is -2.93. The normalized spacial score (nSPS) is 17.7. The fraction of sp³-hybridized carbons (Fsp3) is 0.391. The molecule has 3 aromatic rings. The smallest absolute Gasteiger partial charge is 0.142 e. The Bertz CT molecular complexity index is 1170. The summed E-state index contributed by atoms with van der Waals surface area (Å²) in [6.45, 7) is 4.08. The van der Waals surface area contributed by atoms with Crippen molar-refractivity contribution in [2.75, 3.05) is 37.6 Å². The van der Waals surface area contributed by atoms with Crippen LogP contribution in [0, 0.1) is 0 Å². The largest absolute Gasteiger partial charge is 0.358 e. The van der Waals surface area contributed by atoms with Gasteiger partial charge in [0, 0.05) is 58.0 Å². The van der Waals surface area contributed by atoms with Crippen molar-refractivity contribution < 1.29 is 4.79 Å². The first-order valence-corrected chi connectivity index (χ1v) is 11.1. The Labute approximate surface area is 186 Å². The minimum atomic E-state index is 0.289. The third-order valence-corrected chi connectivity index (χ3v) is 6.40. The lowest BCUT2D eigenvalue weighted by Crippen LogP contribution is -2.38. The van der Waals surface area contributed by atoms with Crippen molar-refractivity contribution in [3.05, 3.63) is 41.6 Å². The molecule has 2 aliphatic rings. The van der Waals surface area contributed by atoms with Crippen molar-refractivity contribution >= 4 is 40.1 Å². The second-order valence-electron chi connectivity index (χ2n) is 8.10. The maximum atomic E-state index is 11.8. The average molecular weight is 437 g/mol. The highest BCUT2D eigenvalue weighted by molar-refractivity contribution is 6.33.